The summed E-state index contributed by atoms with van der Waals surface area (Å²) >= 11 is 6.03. The molecule has 1 heterocycles. The highest BCUT2D eigenvalue weighted by Crippen LogP contribution is 2.16. The Morgan fingerprint density at radius 3 is 2.57 bits per heavy atom. The average Bonchev–Trinajstić information content (AvgIpc) is 2.97. The van der Waals surface area contributed by atoms with E-state index in [1.54, 1.807) is 12.1 Å². The molecule has 0 spiro atoms. The second kappa shape index (κ2) is 7.07. The SMILES string of the molecule is O=C(Cc1ccccc1Cl)Nc1nnc(Cc2ccccc2)o1. The third-order valence-corrected chi connectivity index (χ3v) is 3.59. The molecule has 0 aliphatic carbocycles. The van der Waals surface area contributed by atoms with Gasteiger partial charge in [0.1, 0.15) is 0 Å². The van der Waals surface area contributed by atoms with Crippen LogP contribution < -0.4 is 5.32 Å². The summed E-state index contributed by atoms with van der Waals surface area (Å²) in [7, 11) is 0. The van der Waals surface area contributed by atoms with Crippen LogP contribution in [0.5, 0.6) is 0 Å². The number of carbonyl (C=O) groups is 1. The molecule has 0 atom stereocenters. The van der Waals surface area contributed by atoms with E-state index in [0.717, 1.165) is 11.1 Å². The number of halogens is 1. The summed E-state index contributed by atoms with van der Waals surface area (Å²) in [6, 6.07) is 17.1. The Bertz CT molecular complexity index is 802. The van der Waals surface area contributed by atoms with Gasteiger partial charge in [-0.2, -0.15) is 0 Å². The van der Waals surface area contributed by atoms with Gasteiger partial charge >= 0.3 is 6.01 Å². The molecule has 3 aromatic rings. The van der Waals surface area contributed by atoms with Gasteiger partial charge in [-0.15, -0.1) is 5.10 Å². The molecule has 0 unspecified atom stereocenters. The largest absolute Gasteiger partial charge is 0.407 e. The Balaban J connectivity index is 1.60. The molecule has 6 heteroatoms. The van der Waals surface area contributed by atoms with Crippen molar-refractivity contribution in [2.24, 2.45) is 0 Å². The third-order valence-electron chi connectivity index (χ3n) is 3.22. The van der Waals surface area contributed by atoms with Gasteiger partial charge in [0.05, 0.1) is 12.8 Å². The minimum atomic E-state index is -0.256. The molecule has 1 N–H and O–H groups in total. The second-order valence-electron chi connectivity index (χ2n) is 4.98. The van der Waals surface area contributed by atoms with E-state index in [-0.39, 0.29) is 18.3 Å². The zero-order chi connectivity index (χ0) is 16.1. The van der Waals surface area contributed by atoms with Crippen LogP contribution >= 0.6 is 11.6 Å². The number of hydrogen-bond acceptors (Lipinski definition) is 4. The van der Waals surface area contributed by atoms with Crippen molar-refractivity contribution in [2.45, 2.75) is 12.8 Å². The van der Waals surface area contributed by atoms with Crippen LogP contribution in [0.15, 0.2) is 59.0 Å². The summed E-state index contributed by atoms with van der Waals surface area (Å²) in [5.41, 5.74) is 1.81. The maximum atomic E-state index is 12.0. The maximum absolute atomic E-state index is 12.0. The number of anilines is 1. The molecule has 116 valence electrons. The van der Waals surface area contributed by atoms with Gasteiger partial charge in [-0.25, -0.2) is 0 Å². The molecule has 0 radical (unpaired) electrons. The molecular weight excluding hydrogens is 314 g/mol. The van der Waals surface area contributed by atoms with Crippen LogP contribution in [-0.4, -0.2) is 16.1 Å². The van der Waals surface area contributed by atoms with Crippen molar-refractivity contribution in [1.29, 1.82) is 0 Å². The van der Waals surface area contributed by atoms with Crippen LogP contribution in [0.25, 0.3) is 0 Å². The monoisotopic (exact) mass is 327 g/mol. The van der Waals surface area contributed by atoms with Gasteiger partial charge < -0.3 is 4.42 Å². The number of carbonyl (C=O) groups excluding carboxylic acids is 1. The second-order valence-corrected chi connectivity index (χ2v) is 5.39. The summed E-state index contributed by atoms with van der Waals surface area (Å²) in [6.45, 7) is 0. The van der Waals surface area contributed by atoms with Gasteiger partial charge in [0.2, 0.25) is 11.8 Å². The lowest BCUT2D eigenvalue weighted by molar-refractivity contribution is -0.115. The first-order valence-corrected chi connectivity index (χ1v) is 7.48. The van der Waals surface area contributed by atoms with Crippen LogP contribution in [0.4, 0.5) is 6.01 Å². The molecular formula is C17H14ClN3O2. The molecule has 1 amide bonds. The Labute approximate surface area is 138 Å². The first-order valence-electron chi connectivity index (χ1n) is 7.10. The summed E-state index contributed by atoms with van der Waals surface area (Å²) in [6.07, 6.45) is 0.671. The van der Waals surface area contributed by atoms with Crippen molar-refractivity contribution in [1.82, 2.24) is 10.2 Å². The first-order chi connectivity index (χ1) is 11.2. The Morgan fingerprint density at radius 2 is 1.78 bits per heavy atom. The highest BCUT2D eigenvalue weighted by molar-refractivity contribution is 6.31. The zero-order valence-electron chi connectivity index (χ0n) is 12.2. The normalized spacial score (nSPS) is 10.5. The van der Waals surface area contributed by atoms with Gasteiger partial charge in [0, 0.05) is 5.02 Å². The number of aromatic nitrogens is 2. The molecule has 0 bridgehead atoms. The van der Waals surface area contributed by atoms with Gasteiger partial charge in [-0.3, -0.25) is 10.1 Å². The number of nitrogens with one attached hydrogen (secondary N) is 1. The van der Waals surface area contributed by atoms with Gasteiger partial charge in [0.15, 0.2) is 0 Å². The van der Waals surface area contributed by atoms with Crippen molar-refractivity contribution >= 4 is 23.5 Å². The lowest BCUT2D eigenvalue weighted by atomic mass is 10.1. The fourth-order valence-corrected chi connectivity index (χ4v) is 2.33. The van der Waals surface area contributed by atoms with Gasteiger partial charge in [-0.1, -0.05) is 65.2 Å². The Hall–Kier alpha value is -2.66. The number of hydrogen-bond donors (Lipinski definition) is 1. The van der Waals surface area contributed by atoms with Crippen molar-refractivity contribution in [3.8, 4) is 0 Å². The minimum Gasteiger partial charge on any atom is -0.407 e. The topological polar surface area (TPSA) is 68.0 Å². The fraction of sp³-hybridized carbons (Fsp3) is 0.118. The van der Waals surface area contributed by atoms with Crippen molar-refractivity contribution in [2.75, 3.05) is 5.32 Å². The molecule has 5 nitrogen and oxygen atoms in total. The van der Waals surface area contributed by atoms with E-state index in [0.29, 0.717) is 17.3 Å². The molecule has 1 aromatic heterocycles. The molecule has 0 saturated heterocycles. The van der Waals surface area contributed by atoms with E-state index < -0.39 is 0 Å². The molecule has 2 aromatic carbocycles. The number of rotatable bonds is 5. The maximum Gasteiger partial charge on any atom is 0.322 e. The Kier molecular flexibility index (Phi) is 4.68. The van der Waals surface area contributed by atoms with E-state index in [9.17, 15) is 4.79 Å². The highest BCUT2D eigenvalue weighted by Gasteiger charge is 2.12. The van der Waals surface area contributed by atoms with E-state index >= 15 is 0 Å². The van der Waals surface area contributed by atoms with Crippen molar-refractivity contribution in [3.63, 3.8) is 0 Å². The van der Waals surface area contributed by atoms with Gasteiger partial charge in [0.25, 0.3) is 0 Å². The van der Waals surface area contributed by atoms with E-state index in [1.807, 2.05) is 42.5 Å². The predicted octanol–water partition coefficient (Wildman–Crippen LogP) is 3.50. The number of nitrogens with zero attached hydrogens (tertiary/aromatic N) is 2. The van der Waals surface area contributed by atoms with Crippen LogP contribution in [0.2, 0.25) is 5.02 Å². The zero-order valence-corrected chi connectivity index (χ0v) is 13.0. The summed E-state index contributed by atoms with van der Waals surface area (Å²) in [4.78, 5) is 12.0. The quantitative estimate of drug-likeness (QED) is 0.778. The average molecular weight is 328 g/mol. The molecule has 0 saturated carbocycles. The molecule has 0 fully saturated rings. The van der Waals surface area contributed by atoms with Gasteiger partial charge in [-0.05, 0) is 17.2 Å². The number of benzene rings is 2. The third kappa shape index (κ3) is 4.17. The van der Waals surface area contributed by atoms with Crippen LogP contribution in [-0.2, 0) is 17.6 Å². The minimum absolute atomic E-state index is 0.0907. The molecule has 3 rings (SSSR count). The molecule has 0 aliphatic heterocycles. The number of amides is 1. The molecule has 0 aliphatic rings. The van der Waals surface area contributed by atoms with Crippen molar-refractivity contribution < 1.29 is 9.21 Å². The standard InChI is InChI=1S/C17H14ClN3O2/c18-14-9-5-4-8-13(14)11-15(22)19-17-21-20-16(23-17)10-12-6-2-1-3-7-12/h1-9H,10-11H2,(H,19,21,22). The first kappa shape index (κ1) is 15.2. The lowest BCUT2D eigenvalue weighted by Gasteiger charge is -2.03. The smallest absolute Gasteiger partial charge is 0.322 e. The van der Waals surface area contributed by atoms with E-state index in [4.69, 9.17) is 16.0 Å². The van der Waals surface area contributed by atoms with E-state index in [2.05, 4.69) is 15.5 Å². The lowest BCUT2D eigenvalue weighted by Crippen LogP contribution is -2.14. The van der Waals surface area contributed by atoms with Crippen molar-refractivity contribution in [3.05, 3.63) is 76.6 Å². The Morgan fingerprint density at radius 1 is 1.04 bits per heavy atom. The summed E-state index contributed by atoms with van der Waals surface area (Å²) < 4.78 is 5.44. The molecule has 23 heavy (non-hydrogen) atoms. The predicted molar refractivity (Wildman–Crippen MR) is 87.3 cm³/mol. The van der Waals surface area contributed by atoms with Crippen LogP contribution in [0, 0.1) is 0 Å². The van der Waals surface area contributed by atoms with Crippen LogP contribution in [0.3, 0.4) is 0 Å². The fourth-order valence-electron chi connectivity index (χ4n) is 2.12. The summed E-state index contributed by atoms with van der Waals surface area (Å²) in [5, 5.41) is 10.9. The van der Waals surface area contributed by atoms with E-state index in [1.165, 1.54) is 0 Å². The highest BCUT2D eigenvalue weighted by atomic mass is 35.5. The van der Waals surface area contributed by atoms with Crippen LogP contribution in [0.1, 0.15) is 17.0 Å². The summed E-state index contributed by atoms with van der Waals surface area (Å²) in [5.74, 6) is 0.192.